The fourth-order valence-electron chi connectivity index (χ4n) is 3.73. The molecule has 1 saturated heterocycles. The van der Waals surface area contributed by atoms with Crippen molar-refractivity contribution < 1.29 is 23.9 Å². The second kappa shape index (κ2) is 9.01. The molecule has 1 aromatic heterocycles. The van der Waals surface area contributed by atoms with Crippen LogP contribution in [0.1, 0.15) is 12.0 Å². The van der Waals surface area contributed by atoms with Crippen LogP contribution in [0.15, 0.2) is 48.7 Å². The number of carbonyl (C=O) groups is 3. The highest BCUT2D eigenvalue weighted by molar-refractivity contribution is 6.22. The van der Waals surface area contributed by atoms with E-state index in [4.69, 9.17) is 9.47 Å². The molecular formula is C23H24N4O5. The van der Waals surface area contributed by atoms with Gasteiger partial charge in [-0.15, -0.1) is 0 Å². The van der Waals surface area contributed by atoms with Gasteiger partial charge in [-0.05, 0) is 54.4 Å². The number of amides is 4. The zero-order valence-corrected chi connectivity index (χ0v) is 17.8. The Balaban J connectivity index is 1.32. The maximum absolute atomic E-state index is 12.7. The lowest BCUT2D eigenvalue weighted by atomic mass is 10.1. The lowest BCUT2D eigenvalue weighted by molar-refractivity contribution is -0.125. The van der Waals surface area contributed by atoms with Crippen LogP contribution in [-0.4, -0.2) is 49.6 Å². The van der Waals surface area contributed by atoms with E-state index in [1.165, 1.54) is 7.11 Å². The van der Waals surface area contributed by atoms with Gasteiger partial charge in [0.25, 0.3) is 5.91 Å². The Kier molecular flexibility index (Phi) is 5.98. The van der Waals surface area contributed by atoms with Crippen molar-refractivity contribution in [3.8, 4) is 11.5 Å². The number of carbonyl (C=O) groups excluding carboxylic acids is 3. The van der Waals surface area contributed by atoms with Crippen molar-refractivity contribution in [2.24, 2.45) is 0 Å². The van der Waals surface area contributed by atoms with Crippen molar-refractivity contribution in [1.29, 1.82) is 0 Å². The van der Waals surface area contributed by atoms with Gasteiger partial charge in [0.1, 0.15) is 17.5 Å². The van der Waals surface area contributed by atoms with Crippen LogP contribution >= 0.6 is 0 Å². The minimum atomic E-state index is -0.901. The molecule has 1 fully saturated rings. The number of imide groups is 1. The van der Waals surface area contributed by atoms with E-state index in [9.17, 15) is 14.4 Å². The number of rotatable bonds is 8. The summed E-state index contributed by atoms with van der Waals surface area (Å²) in [4.78, 5) is 41.6. The lowest BCUT2D eigenvalue weighted by Gasteiger charge is -2.13. The van der Waals surface area contributed by atoms with E-state index in [1.54, 1.807) is 31.4 Å². The molecule has 0 bridgehead atoms. The molecule has 0 radical (unpaired) electrons. The SMILES string of the molecule is COc1ccc(N2C(=O)N[C@@H](CC(=O)NCCc3c[nH]c4ccc(OC)cc34)C2=O)cc1. The molecule has 166 valence electrons. The topological polar surface area (TPSA) is 113 Å². The number of hydrogen-bond donors (Lipinski definition) is 3. The first-order valence-electron chi connectivity index (χ1n) is 10.2. The smallest absolute Gasteiger partial charge is 0.329 e. The molecule has 4 rings (SSSR count). The quantitative estimate of drug-likeness (QED) is 0.469. The fourth-order valence-corrected chi connectivity index (χ4v) is 3.73. The summed E-state index contributed by atoms with van der Waals surface area (Å²) >= 11 is 0. The van der Waals surface area contributed by atoms with Gasteiger partial charge in [-0.2, -0.15) is 0 Å². The molecule has 0 saturated carbocycles. The van der Waals surface area contributed by atoms with Crippen LogP contribution in [0, 0.1) is 0 Å². The van der Waals surface area contributed by atoms with E-state index in [2.05, 4.69) is 15.6 Å². The number of nitrogens with zero attached hydrogens (tertiary/aromatic N) is 1. The Morgan fingerprint density at radius 1 is 1.06 bits per heavy atom. The minimum Gasteiger partial charge on any atom is -0.497 e. The normalized spacial score (nSPS) is 15.7. The predicted octanol–water partition coefficient (Wildman–Crippen LogP) is 2.36. The van der Waals surface area contributed by atoms with Crippen LogP contribution in [0.4, 0.5) is 10.5 Å². The van der Waals surface area contributed by atoms with Crippen molar-refractivity contribution in [2.75, 3.05) is 25.7 Å². The minimum absolute atomic E-state index is 0.126. The highest BCUT2D eigenvalue weighted by atomic mass is 16.5. The van der Waals surface area contributed by atoms with Crippen molar-refractivity contribution in [2.45, 2.75) is 18.9 Å². The fraction of sp³-hybridized carbons (Fsp3) is 0.261. The largest absolute Gasteiger partial charge is 0.497 e. The van der Waals surface area contributed by atoms with Gasteiger partial charge in [0.15, 0.2) is 0 Å². The first-order valence-corrected chi connectivity index (χ1v) is 10.2. The molecule has 3 aromatic rings. The first-order chi connectivity index (χ1) is 15.5. The second-order valence-corrected chi connectivity index (χ2v) is 7.40. The monoisotopic (exact) mass is 436 g/mol. The van der Waals surface area contributed by atoms with Gasteiger partial charge in [0.05, 0.1) is 26.3 Å². The molecule has 32 heavy (non-hydrogen) atoms. The average molecular weight is 436 g/mol. The van der Waals surface area contributed by atoms with E-state index in [0.717, 1.165) is 27.1 Å². The van der Waals surface area contributed by atoms with Crippen LogP contribution < -0.4 is 25.0 Å². The molecule has 9 heteroatoms. The molecule has 1 atom stereocenters. The van der Waals surface area contributed by atoms with E-state index in [-0.39, 0.29) is 12.3 Å². The van der Waals surface area contributed by atoms with Gasteiger partial charge in [-0.25, -0.2) is 9.69 Å². The Labute approximate surface area is 184 Å². The molecule has 0 aliphatic carbocycles. The van der Waals surface area contributed by atoms with Crippen molar-refractivity contribution in [3.63, 3.8) is 0 Å². The number of benzene rings is 2. The zero-order valence-electron chi connectivity index (χ0n) is 17.8. The number of ether oxygens (including phenoxy) is 2. The maximum Gasteiger partial charge on any atom is 0.329 e. The molecule has 4 amide bonds. The Morgan fingerprint density at radius 2 is 1.78 bits per heavy atom. The number of anilines is 1. The zero-order chi connectivity index (χ0) is 22.7. The van der Waals surface area contributed by atoms with Crippen LogP contribution in [0.25, 0.3) is 10.9 Å². The van der Waals surface area contributed by atoms with Gasteiger partial charge in [0.2, 0.25) is 5.91 Å². The molecular weight excluding hydrogens is 412 g/mol. The van der Waals surface area contributed by atoms with E-state index < -0.39 is 18.0 Å². The van der Waals surface area contributed by atoms with E-state index in [1.807, 2.05) is 24.4 Å². The number of aromatic amines is 1. The van der Waals surface area contributed by atoms with Crippen LogP contribution in [-0.2, 0) is 16.0 Å². The number of hydrogen-bond acceptors (Lipinski definition) is 5. The molecule has 1 aliphatic rings. The molecule has 2 heterocycles. The average Bonchev–Trinajstić information content (AvgIpc) is 3.33. The Hall–Kier alpha value is -4.01. The summed E-state index contributed by atoms with van der Waals surface area (Å²) in [5.74, 6) is 0.612. The van der Waals surface area contributed by atoms with Crippen molar-refractivity contribution >= 4 is 34.4 Å². The number of fused-ring (bicyclic) bond motifs is 1. The molecule has 1 aliphatic heterocycles. The number of aromatic nitrogens is 1. The van der Waals surface area contributed by atoms with E-state index in [0.29, 0.717) is 24.4 Å². The summed E-state index contributed by atoms with van der Waals surface area (Å²) < 4.78 is 10.4. The van der Waals surface area contributed by atoms with Crippen LogP contribution in [0.2, 0.25) is 0 Å². The third kappa shape index (κ3) is 4.22. The summed E-state index contributed by atoms with van der Waals surface area (Å²) in [5, 5.41) is 6.44. The summed E-state index contributed by atoms with van der Waals surface area (Å²) in [6.45, 7) is 0.403. The third-order valence-electron chi connectivity index (χ3n) is 5.43. The summed E-state index contributed by atoms with van der Waals surface area (Å²) in [6.07, 6.45) is 2.39. The van der Waals surface area contributed by atoms with Crippen LogP contribution in [0.5, 0.6) is 11.5 Å². The summed E-state index contributed by atoms with van der Waals surface area (Å²) in [6, 6.07) is 10.9. The summed E-state index contributed by atoms with van der Waals surface area (Å²) in [7, 11) is 3.15. The predicted molar refractivity (Wildman–Crippen MR) is 119 cm³/mol. The third-order valence-corrected chi connectivity index (χ3v) is 5.43. The van der Waals surface area contributed by atoms with Crippen molar-refractivity contribution in [3.05, 3.63) is 54.2 Å². The number of H-pyrrole nitrogens is 1. The molecule has 0 unspecified atom stereocenters. The first kappa shape index (κ1) is 21.2. The van der Waals surface area contributed by atoms with Gasteiger partial charge in [0, 0.05) is 23.6 Å². The Bertz CT molecular complexity index is 1150. The van der Waals surface area contributed by atoms with E-state index >= 15 is 0 Å². The molecule has 2 aromatic carbocycles. The van der Waals surface area contributed by atoms with Gasteiger partial charge in [-0.3, -0.25) is 9.59 Å². The molecule has 0 spiro atoms. The van der Waals surface area contributed by atoms with Crippen LogP contribution in [0.3, 0.4) is 0 Å². The highest BCUT2D eigenvalue weighted by Crippen LogP contribution is 2.25. The van der Waals surface area contributed by atoms with Gasteiger partial charge in [-0.1, -0.05) is 0 Å². The van der Waals surface area contributed by atoms with Gasteiger partial charge >= 0.3 is 6.03 Å². The molecule has 9 nitrogen and oxygen atoms in total. The molecule has 3 N–H and O–H groups in total. The second-order valence-electron chi connectivity index (χ2n) is 7.40. The summed E-state index contributed by atoms with van der Waals surface area (Å²) in [5.41, 5.74) is 2.46. The van der Waals surface area contributed by atoms with Gasteiger partial charge < -0.3 is 25.1 Å². The van der Waals surface area contributed by atoms with Crippen molar-refractivity contribution in [1.82, 2.24) is 15.6 Å². The lowest BCUT2D eigenvalue weighted by Crippen LogP contribution is -2.37. The standard InChI is InChI=1S/C23H24N4O5/c1-31-16-5-3-15(4-6-16)27-22(29)20(26-23(27)30)12-21(28)24-10-9-14-13-25-19-8-7-17(32-2)11-18(14)19/h3-8,11,13,20,25H,9-10,12H2,1-2H3,(H,24,28)(H,26,30)/t20-/m0/s1. The number of nitrogens with one attached hydrogen (secondary N) is 3. The highest BCUT2D eigenvalue weighted by Gasteiger charge is 2.40. The number of methoxy groups -OCH3 is 2. The number of urea groups is 1. The Morgan fingerprint density at radius 3 is 2.50 bits per heavy atom. The maximum atomic E-state index is 12.7.